The van der Waals surface area contributed by atoms with E-state index >= 15 is 0 Å². The maximum atomic E-state index is 8.98. The molecule has 1 aromatic carbocycles. The van der Waals surface area contributed by atoms with E-state index in [2.05, 4.69) is 37.4 Å². The first kappa shape index (κ1) is 13.6. The average Bonchev–Trinajstić information content (AvgIpc) is 2.86. The van der Waals surface area contributed by atoms with Crippen LogP contribution in [0.5, 0.6) is 0 Å². The molecule has 0 unspecified atom stereocenters. The monoisotopic (exact) mass is 259 g/mol. The molecular weight excluding hydrogens is 238 g/mol. The number of aliphatic hydroxyl groups is 1. The van der Waals surface area contributed by atoms with Crippen LogP contribution in [0.3, 0.4) is 0 Å². The van der Waals surface area contributed by atoms with Gasteiger partial charge in [0.25, 0.3) is 0 Å². The van der Waals surface area contributed by atoms with Crippen molar-refractivity contribution in [2.75, 3.05) is 5.32 Å². The molecule has 0 saturated heterocycles. The highest BCUT2D eigenvalue weighted by Crippen LogP contribution is 2.15. The molecule has 0 amide bonds. The molecule has 0 aliphatic heterocycles. The maximum Gasteiger partial charge on any atom is 0.0681 e. The van der Waals surface area contributed by atoms with Gasteiger partial charge in [-0.3, -0.25) is 4.68 Å². The summed E-state index contributed by atoms with van der Waals surface area (Å²) in [5.74, 6) is 0. The number of hydrogen-bond donors (Lipinski definition) is 2. The molecule has 1 heterocycles. The number of anilines is 1. The fourth-order valence-corrected chi connectivity index (χ4v) is 1.75. The molecule has 2 N–H and O–H groups in total. The number of hydrogen-bond acceptors (Lipinski definition) is 3. The van der Waals surface area contributed by atoms with Crippen LogP contribution < -0.4 is 5.32 Å². The van der Waals surface area contributed by atoms with Crippen LogP contribution in [0.25, 0.3) is 0 Å². The maximum absolute atomic E-state index is 8.98. The summed E-state index contributed by atoms with van der Waals surface area (Å²) >= 11 is 0. The lowest BCUT2D eigenvalue weighted by molar-refractivity contribution is 0.282. The van der Waals surface area contributed by atoms with Gasteiger partial charge in [0.05, 0.1) is 18.3 Å². The minimum absolute atomic E-state index is 0.0149. The first-order chi connectivity index (χ1) is 8.99. The van der Waals surface area contributed by atoms with Gasteiger partial charge in [-0.2, -0.15) is 5.10 Å². The van der Waals surface area contributed by atoms with Crippen molar-refractivity contribution in [3.8, 4) is 0 Å². The first-order valence-corrected chi connectivity index (χ1v) is 6.47. The first-order valence-electron chi connectivity index (χ1n) is 6.47. The summed E-state index contributed by atoms with van der Waals surface area (Å²) < 4.78 is 1.97. The fourth-order valence-electron chi connectivity index (χ4n) is 1.75. The molecule has 0 spiro atoms. The van der Waals surface area contributed by atoms with Crippen LogP contribution in [0.1, 0.15) is 31.9 Å². The third kappa shape index (κ3) is 3.58. The van der Waals surface area contributed by atoms with E-state index in [1.807, 2.05) is 35.1 Å². The summed E-state index contributed by atoms with van der Waals surface area (Å²) in [4.78, 5) is 0. The molecule has 2 rings (SSSR count). The lowest BCUT2D eigenvalue weighted by atomic mass is 10.1. The van der Waals surface area contributed by atoms with Crippen LogP contribution in [0.15, 0.2) is 36.7 Å². The predicted molar refractivity (Wildman–Crippen MR) is 76.9 cm³/mol. The minimum Gasteiger partial charge on any atom is -0.392 e. The van der Waals surface area contributed by atoms with E-state index in [-0.39, 0.29) is 12.1 Å². The number of rotatable bonds is 4. The van der Waals surface area contributed by atoms with Crippen molar-refractivity contribution >= 4 is 5.69 Å². The van der Waals surface area contributed by atoms with Crippen LogP contribution in [0.4, 0.5) is 5.69 Å². The van der Waals surface area contributed by atoms with E-state index in [1.54, 1.807) is 0 Å². The molecule has 0 fully saturated rings. The van der Waals surface area contributed by atoms with Crippen molar-refractivity contribution in [3.63, 3.8) is 0 Å². The Hall–Kier alpha value is -1.81. The number of nitrogens with zero attached hydrogens (tertiary/aromatic N) is 2. The number of nitrogens with one attached hydrogen (secondary N) is 1. The summed E-state index contributed by atoms with van der Waals surface area (Å²) in [6.07, 6.45) is 3.95. The summed E-state index contributed by atoms with van der Waals surface area (Å²) in [6.45, 7) is 7.22. The van der Waals surface area contributed by atoms with Gasteiger partial charge >= 0.3 is 0 Å². The third-order valence-electron chi connectivity index (χ3n) is 2.96. The largest absolute Gasteiger partial charge is 0.392 e. The molecule has 19 heavy (non-hydrogen) atoms. The Labute approximate surface area is 114 Å². The number of benzene rings is 1. The molecule has 0 saturated carbocycles. The van der Waals surface area contributed by atoms with Crippen molar-refractivity contribution in [2.24, 2.45) is 0 Å². The Morgan fingerprint density at radius 2 is 1.84 bits per heavy atom. The van der Waals surface area contributed by atoms with E-state index in [4.69, 9.17) is 5.11 Å². The fraction of sp³-hybridized carbons (Fsp3) is 0.400. The van der Waals surface area contributed by atoms with Crippen LogP contribution in [0.2, 0.25) is 0 Å². The van der Waals surface area contributed by atoms with E-state index in [0.717, 1.165) is 23.4 Å². The van der Waals surface area contributed by atoms with Crippen molar-refractivity contribution in [1.29, 1.82) is 0 Å². The molecule has 2 aromatic rings. The molecule has 4 nitrogen and oxygen atoms in total. The van der Waals surface area contributed by atoms with Crippen LogP contribution >= 0.6 is 0 Å². The van der Waals surface area contributed by atoms with Crippen LogP contribution in [-0.4, -0.2) is 14.9 Å². The number of aliphatic hydroxyl groups excluding tert-OH is 1. The Balaban J connectivity index is 1.96. The van der Waals surface area contributed by atoms with Crippen LogP contribution in [-0.2, 0) is 18.7 Å². The third-order valence-corrected chi connectivity index (χ3v) is 2.96. The Kier molecular flexibility index (Phi) is 3.90. The van der Waals surface area contributed by atoms with E-state index < -0.39 is 0 Å². The zero-order chi connectivity index (χ0) is 13.9. The summed E-state index contributed by atoms with van der Waals surface area (Å²) in [5, 5.41) is 16.7. The van der Waals surface area contributed by atoms with Gasteiger partial charge in [-0.15, -0.1) is 0 Å². The van der Waals surface area contributed by atoms with Crippen molar-refractivity contribution in [2.45, 2.75) is 39.5 Å². The smallest absolute Gasteiger partial charge is 0.0681 e. The van der Waals surface area contributed by atoms with Gasteiger partial charge in [0.15, 0.2) is 0 Å². The second-order valence-electron chi connectivity index (χ2n) is 5.67. The zero-order valence-electron chi connectivity index (χ0n) is 11.7. The molecular formula is C15H21N3O. The van der Waals surface area contributed by atoms with Gasteiger partial charge in [-0.25, -0.2) is 0 Å². The average molecular weight is 259 g/mol. The molecule has 4 heteroatoms. The molecule has 1 aromatic heterocycles. The highest BCUT2D eigenvalue weighted by molar-refractivity contribution is 5.44. The molecule has 0 aliphatic carbocycles. The summed E-state index contributed by atoms with van der Waals surface area (Å²) in [6, 6.07) is 7.78. The quantitative estimate of drug-likeness (QED) is 0.887. The molecule has 0 atom stereocenters. The van der Waals surface area contributed by atoms with Gasteiger partial charge in [0, 0.05) is 24.0 Å². The Bertz CT molecular complexity index is 523. The van der Waals surface area contributed by atoms with E-state index in [0.29, 0.717) is 0 Å². The zero-order valence-corrected chi connectivity index (χ0v) is 11.7. The van der Waals surface area contributed by atoms with Crippen molar-refractivity contribution < 1.29 is 5.11 Å². The molecule has 102 valence electrons. The van der Waals surface area contributed by atoms with Crippen LogP contribution in [0, 0.1) is 0 Å². The molecule has 0 radical (unpaired) electrons. The minimum atomic E-state index is 0.0149. The van der Waals surface area contributed by atoms with E-state index in [9.17, 15) is 0 Å². The van der Waals surface area contributed by atoms with Gasteiger partial charge < -0.3 is 10.4 Å². The SMILES string of the molecule is CC(C)(C)n1cc(CNc2ccc(CO)cc2)cn1. The highest BCUT2D eigenvalue weighted by atomic mass is 16.3. The summed E-state index contributed by atoms with van der Waals surface area (Å²) in [7, 11) is 0. The van der Waals surface area contributed by atoms with Gasteiger partial charge in [0.2, 0.25) is 0 Å². The predicted octanol–water partition coefficient (Wildman–Crippen LogP) is 2.74. The van der Waals surface area contributed by atoms with E-state index in [1.165, 1.54) is 0 Å². The number of aromatic nitrogens is 2. The lowest BCUT2D eigenvalue weighted by Crippen LogP contribution is -2.21. The topological polar surface area (TPSA) is 50.1 Å². The highest BCUT2D eigenvalue weighted by Gasteiger charge is 2.13. The Morgan fingerprint density at radius 1 is 1.16 bits per heavy atom. The second-order valence-corrected chi connectivity index (χ2v) is 5.67. The van der Waals surface area contributed by atoms with Gasteiger partial charge in [-0.05, 0) is 38.5 Å². The van der Waals surface area contributed by atoms with Crippen molar-refractivity contribution in [1.82, 2.24) is 9.78 Å². The molecule has 0 aliphatic rings. The standard InChI is InChI=1S/C15H21N3O/c1-15(2,3)18-10-13(9-17-18)8-16-14-6-4-12(11-19)5-7-14/h4-7,9-10,16,19H,8,11H2,1-3H3. The van der Waals surface area contributed by atoms with Gasteiger partial charge in [-0.1, -0.05) is 12.1 Å². The summed E-state index contributed by atoms with van der Waals surface area (Å²) in [5.41, 5.74) is 3.13. The van der Waals surface area contributed by atoms with Gasteiger partial charge in [0.1, 0.15) is 0 Å². The second kappa shape index (κ2) is 5.45. The van der Waals surface area contributed by atoms with Crippen molar-refractivity contribution in [3.05, 3.63) is 47.8 Å². The lowest BCUT2D eigenvalue weighted by Gasteiger charge is -2.18. The normalized spacial score (nSPS) is 11.6. The molecule has 0 bridgehead atoms. The Morgan fingerprint density at radius 3 is 2.37 bits per heavy atom.